The molecule has 1 aromatic rings. The Morgan fingerprint density at radius 3 is 3.18 bits per heavy atom. The molecular formula is C9H14N2. The summed E-state index contributed by atoms with van der Waals surface area (Å²) in [5, 5.41) is 4.42. The van der Waals surface area contributed by atoms with Crippen LogP contribution in [0.1, 0.15) is 36.9 Å². The van der Waals surface area contributed by atoms with Crippen molar-refractivity contribution >= 4 is 0 Å². The molecule has 0 aliphatic heterocycles. The first-order valence-electron chi connectivity index (χ1n) is 4.30. The molecule has 0 N–H and O–H groups in total. The second kappa shape index (κ2) is 2.36. The number of nitrogens with zero attached hydrogens (tertiary/aromatic N) is 2. The van der Waals surface area contributed by atoms with Gasteiger partial charge in [-0.05, 0) is 30.7 Å². The summed E-state index contributed by atoms with van der Waals surface area (Å²) in [7, 11) is 2.00. The van der Waals surface area contributed by atoms with Gasteiger partial charge in [0.25, 0.3) is 0 Å². The Labute approximate surface area is 67.2 Å². The Balaban J connectivity index is 2.43. The van der Waals surface area contributed by atoms with Crippen molar-refractivity contribution in [3.63, 3.8) is 0 Å². The van der Waals surface area contributed by atoms with Crippen LogP contribution in [0.3, 0.4) is 0 Å². The van der Waals surface area contributed by atoms with Crippen LogP contribution in [-0.2, 0) is 13.5 Å². The van der Waals surface area contributed by atoms with Crippen molar-refractivity contribution in [2.45, 2.75) is 32.1 Å². The van der Waals surface area contributed by atoms with E-state index in [2.05, 4.69) is 18.2 Å². The van der Waals surface area contributed by atoms with Crippen LogP contribution in [0.25, 0.3) is 0 Å². The van der Waals surface area contributed by atoms with Crippen LogP contribution in [0.5, 0.6) is 0 Å². The first-order chi connectivity index (χ1) is 5.27. The van der Waals surface area contributed by atoms with Gasteiger partial charge in [-0.1, -0.05) is 6.92 Å². The number of aryl methyl sites for hydroxylation is 2. The van der Waals surface area contributed by atoms with Gasteiger partial charge in [-0.25, -0.2) is 0 Å². The Morgan fingerprint density at radius 1 is 1.64 bits per heavy atom. The van der Waals surface area contributed by atoms with Gasteiger partial charge in [0.2, 0.25) is 0 Å². The first kappa shape index (κ1) is 6.89. The molecule has 0 fully saturated rings. The monoisotopic (exact) mass is 150 g/mol. The molecule has 0 radical (unpaired) electrons. The molecule has 0 spiro atoms. The molecule has 0 bridgehead atoms. The van der Waals surface area contributed by atoms with Crippen molar-refractivity contribution in [1.29, 1.82) is 0 Å². The van der Waals surface area contributed by atoms with Gasteiger partial charge in [0, 0.05) is 13.2 Å². The highest BCUT2D eigenvalue weighted by Gasteiger charge is 2.18. The highest BCUT2D eigenvalue weighted by atomic mass is 15.3. The molecule has 1 aliphatic rings. The van der Waals surface area contributed by atoms with Crippen molar-refractivity contribution in [3.05, 3.63) is 17.5 Å². The third-order valence-corrected chi connectivity index (χ3v) is 2.52. The molecule has 2 heteroatoms. The van der Waals surface area contributed by atoms with Crippen molar-refractivity contribution < 1.29 is 0 Å². The Bertz CT molecular complexity index is 263. The zero-order valence-corrected chi connectivity index (χ0v) is 7.17. The van der Waals surface area contributed by atoms with Gasteiger partial charge >= 0.3 is 0 Å². The average molecular weight is 150 g/mol. The van der Waals surface area contributed by atoms with E-state index in [-0.39, 0.29) is 0 Å². The van der Waals surface area contributed by atoms with E-state index in [0.717, 1.165) is 5.92 Å². The molecule has 1 atom stereocenters. The molecule has 1 heterocycles. The van der Waals surface area contributed by atoms with Gasteiger partial charge in [0.1, 0.15) is 0 Å². The van der Waals surface area contributed by atoms with Gasteiger partial charge in [0.15, 0.2) is 0 Å². The lowest BCUT2D eigenvalue weighted by Gasteiger charge is -2.15. The van der Waals surface area contributed by atoms with Crippen molar-refractivity contribution in [1.82, 2.24) is 9.78 Å². The largest absolute Gasteiger partial charge is 0.275 e. The van der Waals surface area contributed by atoms with Crippen LogP contribution < -0.4 is 0 Å². The standard InChI is InChI=1S/C9H14N2/c1-7-4-3-5-9-8(7)6-11(2)10-9/h6-7H,3-5H2,1-2H3/t7-/m1/s1. The van der Waals surface area contributed by atoms with Crippen LogP contribution in [0.4, 0.5) is 0 Å². The zero-order chi connectivity index (χ0) is 7.84. The van der Waals surface area contributed by atoms with Gasteiger partial charge in [-0.3, -0.25) is 4.68 Å². The van der Waals surface area contributed by atoms with E-state index >= 15 is 0 Å². The Kier molecular flexibility index (Phi) is 1.48. The number of hydrogen-bond donors (Lipinski definition) is 0. The summed E-state index contributed by atoms with van der Waals surface area (Å²) in [5.74, 6) is 0.729. The Hall–Kier alpha value is -0.790. The molecule has 0 unspecified atom stereocenters. The highest BCUT2D eigenvalue weighted by Crippen LogP contribution is 2.29. The molecule has 1 aliphatic carbocycles. The summed E-state index contributed by atoms with van der Waals surface area (Å²) < 4.78 is 1.94. The summed E-state index contributed by atoms with van der Waals surface area (Å²) in [6.45, 7) is 2.29. The molecule has 0 amide bonds. The summed E-state index contributed by atoms with van der Waals surface area (Å²) in [6.07, 6.45) is 5.99. The number of aromatic nitrogens is 2. The predicted molar refractivity (Wildman–Crippen MR) is 44.6 cm³/mol. The van der Waals surface area contributed by atoms with Crippen LogP contribution in [-0.4, -0.2) is 9.78 Å². The van der Waals surface area contributed by atoms with Gasteiger partial charge in [0.05, 0.1) is 5.69 Å². The second-order valence-corrected chi connectivity index (χ2v) is 3.50. The minimum atomic E-state index is 0.729. The third kappa shape index (κ3) is 1.06. The lowest BCUT2D eigenvalue weighted by molar-refractivity contribution is 0.584. The number of rotatable bonds is 0. The van der Waals surface area contributed by atoms with E-state index in [0.29, 0.717) is 0 Å². The number of fused-ring (bicyclic) bond motifs is 1. The van der Waals surface area contributed by atoms with E-state index in [9.17, 15) is 0 Å². The van der Waals surface area contributed by atoms with Crippen LogP contribution in [0.2, 0.25) is 0 Å². The molecular weight excluding hydrogens is 136 g/mol. The number of hydrogen-bond acceptors (Lipinski definition) is 1. The van der Waals surface area contributed by atoms with Crippen molar-refractivity contribution in [2.24, 2.45) is 7.05 Å². The van der Waals surface area contributed by atoms with Crippen molar-refractivity contribution in [2.75, 3.05) is 0 Å². The SMILES string of the molecule is C[C@@H]1CCCc2nn(C)cc21. The summed E-state index contributed by atoms with van der Waals surface area (Å²) in [6, 6.07) is 0. The van der Waals surface area contributed by atoms with Crippen LogP contribution >= 0.6 is 0 Å². The van der Waals surface area contributed by atoms with Gasteiger partial charge in [-0.2, -0.15) is 5.10 Å². The second-order valence-electron chi connectivity index (χ2n) is 3.50. The maximum Gasteiger partial charge on any atom is 0.0659 e. The highest BCUT2D eigenvalue weighted by molar-refractivity contribution is 5.23. The molecule has 0 saturated carbocycles. The van der Waals surface area contributed by atoms with E-state index in [1.54, 1.807) is 0 Å². The maximum atomic E-state index is 4.42. The smallest absolute Gasteiger partial charge is 0.0659 e. The van der Waals surface area contributed by atoms with Crippen molar-refractivity contribution in [3.8, 4) is 0 Å². The molecule has 0 aromatic carbocycles. The van der Waals surface area contributed by atoms with E-state index in [1.165, 1.54) is 30.5 Å². The molecule has 60 valence electrons. The first-order valence-corrected chi connectivity index (χ1v) is 4.30. The topological polar surface area (TPSA) is 17.8 Å². The summed E-state index contributed by atoms with van der Waals surface area (Å²) in [4.78, 5) is 0. The van der Waals surface area contributed by atoms with Gasteiger partial charge < -0.3 is 0 Å². The maximum absolute atomic E-state index is 4.42. The molecule has 2 rings (SSSR count). The lowest BCUT2D eigenvalue weighted by Crippen LogP contribution is -2.04. The minimum absolute atomic E-state index is 0.729. The fourth-order valence-corrected chi connectivity index (χ4v) is 1.89. The molecule has 1 aromatic heterocycles. The van der Waals surface area contributed by atoms with E-state index < -0.39 is 0 Å². The Morgan fingerprint density at radius 2 is 2.45 bits per heavy atom. The zero-order valence-electron chi connectivity index (χ0n) is 7.17. The van der Waals surface area contributed by atoms with E-state index in [4.69, 9.17) is 0 Å². The quantitative estimate of drug-likeness (QED) is 0.552. The van der Waals surface area contributed by atoms with Crippen LogP contribution in [0.15, 0.2) is 6.20 Å². The minimum Gasteiger partial charge on any atom is -0.275 e. The molecule has 2 nitrogen and oxygen atoms in total. The normalized spacial score (nSPS) is 23.3. The lowest BCUT2D eigenvalue weighted by atomic mass is 9.89. The van der Waals surface area contributed by atoms with Gasteiger partial charge in [-0.15, -0.1) is 0 Å². The fourth-order valence-electron chi connectivity index (χ4n) is 1.89. The molecule has 11 heavy (non-hydrogen) atoms. The van der Waals surface area contributed by atoms with E-state index in [1.807, 2.05) is 11.7 Å². The predicted octanol–water partition coefficient (Wildman–Crippen LogP) is 1.86. The summed E-state index contributed by atoms with van der Waals surface area (Å²) >= 11 is 0. The fraction of sp³-hybridized carbons (Fsp3) is 0.667. The van der Waals surface area contributed by atoms with Crippen LogP contribution in [0, 0.1) is 0 Å². The average Bonchev–Trinajstić information content (AvgIpc) is 2.31. The summed E-state index contributed by atoms with van der Waals surface area (Å²) in [5.41, 5.74) is 2.80. The molecule has 0 saturated heterocycles. The third-order valence-electron chi connectivity index (χ3n) is 2.52.